The molecule has 2 nitrogen and oxygen atoms in total. The highest BCUT2D eigenvalue weighted by Gasteiger charge is 2.15. The van der Waals surface area contributed by atoms with E-state index in [9.17, 15) is 0 Å². The number of rotatable bonds is 6. The minimum absolute atomic E-state index is 0.174. The first kappa shape index (κ1) is 12.2. The molecule has 11 heavy (non-hydrogen) atoms. The van der Waals surface area contributed by atoms with Crippen molar-refractivity contribution in [2.24, 2.45) is 0 Å². The Morgan fingerprint density at radius 2 is 2.18 bits per heavy atom. The van der Waals surface area contributed by atoms with Crippen molar-refractivity contribution >= 4 is 26.9 Å². The Morgan fingerprint density at radius 3 is 2.55 bits per heavy atom. The molecule has 0 amide bonds. The topological polar surface area (TPSA) is 18.5 Å². The zero-order valence-electron chi connectivity index (χ0n) is 7.04. The van der Waals surface area contributed by atoms with Crippen LogP contribution in [0.4, 0.5) is 0 Å². The summed E-state index contributed by atoms with van der Waals surface area (Å²) < 4.78 is 10.6. The van der Waals surface area contributed by atoms with Crippen molar-refractivity contribution in [2.45, 2.75) is 38.9 Å². The molecule has 0 heterocycles. The number of hydrogen-bond acceptors (Lipinski definition) is 2. The van der Waals surface area contributed by atoms with E-state index in [0.717, 1.165) is 12.8 Å². The molecule has 0 aliphatic rings. The van der Waals surface area contributed by atoms with Gasteiger partial charge in [-0.2, -0.15) is 0 Å². The monoisotopic (exact) mass is 214 g/mol. The Bertz CT molecular complexity index is 85.9. The zero-order chi connectivity index (χ0) is 8.69. The molecule has 0 radical (unpaired) electrons. The third-order valence-corrected chi connectivity index (χ3v) is 2.81. The van der Waals surface area contributed by atoms with Gasteiger partial charge < -0.3 is 9.05 Å². The van der Waals surface area contributed by atoms with Crippen molar-refractivity contribution in [2.75, 3.05) is 0 Å². The molecule has 0 saturated carbocycles. The molecule has 5 heteroatoms. The quantitative estimate of drug-likeness (QED) is 0.633. The zero-order valence-corrected chi connectivity index (χ0v) is 10.3. The van der Waals surface area contributed by atoms with Crippen LogP contribution >= 0.6 is 26.9 Å². The van der Waals surface area contributed by atoms with Gasteiger partial charge in [0.05, 0.1) is 12.2 Å². The molecule has 68 valence electrons. The van der Waals surface area contributed by atoms with Gasteiger partial charge in [-0.25, -0.2) is 0 Å². The Morgan fingerprint density at radius 1 is 1.55 bits per heavy atom. The molecule has 0 spiro atoms. The molecule has 0 aliphatic heterocycles. The second-order valence-electron chi connectivity index (χ2n) is 2.40. The third kappa shape index (κ3) is 5.45. The van der Waals surface area contributed by atoms with Crippen LogP contribution in [0.25, 0.3) is 0 Å². The van der Waals surface area contributed by atoms with Crippen LogP contribution < -0.4 is 0 Å². The molecule has 0 rings (SSSR count). The molecular formula is C6H17O2P3. The normalized spacial score (nSPS) is 17.5. The van der Waals surface area contributed by atoms with E-state index in [4.69, 9.17) is 9.05 Å². The van der Waals surface area contributed by atoms with Crippen molar-refractivity contribution in [1.82, 2.24) is 0 Å². The number of hydrogen-bond donors (Lipinski definition) is 0. The van der Waals surface area contributed by atoms with Gasteiger partial charge in [0.25, 0.3) is 0 Å². The van der Waals surface area contributed by atoms with E-state index >= 15 is 0 Å². The van der Waals surface area contributed by atoms with Gasteiger partial charge in [0.15, 0.2) is 0 Å². The van der Waals surface area contributed by atoms with Gasteiger partial charge in [-0.1, -0.05) is 22.3 Å². The summed E-state index contributed by atoms with van der Waals surface area (Å²) in [4.78, 5) is 0. The summed E-state index contributed by atoms with van der Waals surface area (Å²) in [5.41, 5.74) is 0. The molecule has 0 fully saturated rings. The molecule has 0 saturated heterocycles. The summed E-state index contributed by atoms with van der Waals surface area (Å²) in [6.45, 7) is 4.18. The molecule has 5 atom stereocenters. The van der Waals surface area contributed by atoms with E-state index in [1.807, 2.05) is 6.92 Å². The standard InChI is InChI=1S/C6H17O2P3/c1-3-4-6(8-11-10)5(2)7-9/h5-6,11H,3-4,9-10H2,1-2H3/t5?,6-/m0/s1. The summed E-state index contributed by atoms with van der Waals surface area (Å²) in [6, 6.07) is 0. The summed E-state index contributed by atoms with van der Waals surface area (Å²) in [7, 11) is 5.33. The van der Waals surface area contributed by atoms with Crippen molar-refractivity contribution in [3.05, 3.63) is 0 Å². The molecular weight excluding hydrogens is 197 g/mol. The van der Waals surface area contributed by atoms with E-state index in [2.05, 4.69) is 25.3 Å². The summed E-state index contributed by atoms with van der Waals surface area (Å²) >= 11 is 0. The fourth-order valence-electron chi connectivity index (χ4n) is 0.849. The van der Waals surface area contributed by atoms with Crippen molar-refractivity contribution in [3.63, 3.8) is 0 Å². The Balaban J connectivity index is 3.66. The average molecular weight is 214 g/mol. The van der Waals surface area contributed by atoms with Crippen LogP contribution in [0.2, 0.25) is 0 Å². The maximum Gasteiger partial charge on any atom is 0.0880 e. The molecule has 0 N–H and O–H groups in total. The smallest absolute Gasteiger partial charge is 0.0880 e. The third-order valence-electron chi connectivity index (χ3n) is 1.53. The van der Waals surface area contributed by atoms with Crippen molar-refractivity contribution in [3.8, 4) is 0 Å². The van der Waals surface area contributed by atoms with Crippen LogP contribution in [0.3, 0.4) is 0 Å². The predicted molar refractivity (Wildman–Crippen MR) is 58.1 cm³/mol. The van der Waals surface area contributed by atoms with Crippen molar-refractivity contribution < 1.29 is 9.05 Å². The van der Waals surface area contributed by atoms with Gasteiger partial charge in [0, 0.05) is 18.0 Å². The molecule has 0 aromatic carbocycles. The van der Waals surface area contributed by atoms with E-state index < -0.39 is 0 Å². The predicted octanol–water partition coefficient (Wildman–Crippen LogP) is 2.75. The summed E-state index contributed by atoms with van der Waals surface area (Å²) in [5.74, 6) is 0. The van der Waals surface area contributed by atoms with Gasteiger partial charge >= 0.3 is 0 Å². The highest BCUT2D eigenvalue weighted by atomic mass is 32.0. The Hall–Kier alpha value is 1.21. The SMILES string of the molecule is CCC[C@H](OPP)C(C)OP. The molecule has 4 unspecified atom stereocenters. The van der Waals surface area contributed by atoms with E-state index in [1.165, 1.54) is 0 Å². The largest absolute Gasteiger partial charge is 0.360 e. The second-order valence-corrected chi connectivity index (χ2v) is 3.85. The highest BCUT2D eigenvalue weighted by Crippen LogP contribution is 2.28. The Kier molecular flexibility index (Phi) is 8.70. The van der Waals surface area contributed by atoms with Gasteiger partial charge in [-0.05, 0) is 13.3 Å². The van der Waals surface area contributed by atoms with Crippen LogP contribution in [0.1, 0.15) is 26.7 Å². The lowest BCUT2D eigenvalue weighted by Gasteiger charge is -2.21. The first-order valence-electron chi connectivity index (χ1n) is 3.73. The van der Waals surface area contributed by atoms with E-state index in [0.29, 0.717) is 8.50 Å². The minimum Gasteiger partial charge on any atom is -0.360 e. The van der Waals surface area contributed by atoms with Crippen LogP contribution in [0, 0.1) is 0 Å². The fraction of sp³-hybridized carbons (Fsp3) is 1.00. The first-order valence-corrected chi connectivity index (χ1v) is 6.91. The van der Waals surface area contributed by atoms with Gasteiger partial charge in [0.2, 0.25) is 0 Å². The van der Waals surface area contributed by atoms with E-state index in [1.54, 1.807) is 0 Å². The van der Waals surface area contributed by atoms with Crippen LogP contribution in [-0.4, -0.2) is 12.2 Å². The molecule has 0 aromatic heterocycles. The second kappa shape index (κ2) is 7.84. The maximum atomic E-state index is 5.49. The summed E-state index contributed by atoms with van der Waals surface area (Å²) in [5, 5.41) is 0. The maximum absolute atomic E-state index is 5.49. The van der Waals surface area contributed by atoms with Crippen molar-refractivity contribution in [1.29, 1.82) is 0 Å². The lowest BCUT2D eigenvalue weighted by molar-refractivity contribution is 0.0871. The van der Waals surface area contributed by atoms with Gasteiger partial charge in [-0.15, -0.1) is 0 Å². The van der Waals surface area contributed by atoms with Crippen LogP contribution in [0.15, 0.2) is 0 Å². The highest BCUT2D eigenvalue weighted by molar-refractivity contribution is 8.00. The van der Waals surface area contributed by atoms with E-state index in [-0.39, 0.29) is 12.2 Å². The fourth-order valence-corrected chi connectivity index (χ4v) is 2.03. The lowest BCUT2D eigenvalue weighted by Crippen LogP contribution is -2.23. The molecule has 0 aromatic rings. The van der Waals surface area contributed by atoms with Crippen LogP contribution in [0.5, 0.6) is 0 Å². The van der Waals surface area contributed by atoms with Crippen LogP contribution in [-0.2, 0) is 9.05 Å². The molecule has 0 bridgehead atoms. The molecule has 0 aliphatic carbocycles. The Labute approximate surface area is 75.4 Å². The first-order chi connectivity index (χ1) is 5.26. The lowest BCUT2D eigenvalue weighted by atomic mass is 10.1. The van der Waals surface area contributed by atoms with Gasteiger partial charge in [-0.3, -0.25) is 0 Å². The van der Waals surface area contributed by atoms with Gasteiger partial charge in [0.1, 0.15) is 0 Å². The average Bonchev–Trinajstić information content (AvgIpc) is 2.03. The minimum atomic E-state index is 0.174. The summed E-state index contributed by atoms with van der Waals surface area (Å²) in [6.07, 6.45) is 2.62.